The van der Waals surface area contributed by atoms with Gasteiger partial charge in [0.2, 0.25) is 10.0 Å². The lowest BCUT2D eigenvalue weighted by Gasteiger charge is -2.13. The zero-order chi connectivity index (χ0) is 20.8. The van der Waals surface area contributed by atoms with Gasteiger partial charge in [-0.2, -0.15) is 13.2 Å². The van der Waals surface area contributed by atoms with Crippen molar-refractivity contribution in [2.45, 2.75) is 48.8 Å². The molecule has 0 amide bonds. The van der Waals surface area contributed by atoms with Crippen LogP contribution in [0.5, 0.6) is 0 Å². The summed E-state index contributed by atoms with van der Waals surface area (Å²) >= 11 is 0. The molecule has 0 saturated carbocycles. The van der Waals surface area contributed by atoms with Crippen LogP contribution in [0.2, 0.25) is 0 Å². The van der Waals surface area contributed by atoms with E-state index >= 15 is 0 Å². The molecule has 1 aromatic carbocycles. The molecule has 1 aromatic rings. The number of carbonyl (C=O) groups excluding carboxylic acids is 1. The maximum Gasteiger partial charge on any atom is 0.416 e. The molecule has 0 aliphatic carbocycles. The largest absolute Gasteiger partial charge is 0.469 e. The number of benzene rings is 1. The van der Waals surface area contributed by atoms with Crippen LogP contribution in [0, 0.1) is 0 Å². The van der Waals surface area contributed by atoms with E-state index in [1.54, 1.807) is 0 Å². The lowest BCUT2D eigenvalue weighted by molar-refractivity contribution is -0.140. The quantitative estimate of drug-likeness (QED) is 0.384. The molecule has 2 rings (SSSR count). The van der Waals surface area contributed by atoms with Crippen molar-refractivity contribution in [3.8, 4) is 0 Å². The molecule has 0 bridgehead atoms. The first-order chi connectivity index (χ1) is 13.1. The molecule has 1 fully saturated rings. The molecule has 0 unspecified atom stereocenters. The molecule has 6 nitrogen and oxygen atoms in total. The predicted octanol–water partition coefficient (Wildman–Crippen LogP) is 2.61. The average Bonchev–Trinajstić information content (AvgIpc) is 3.07. The van der Waals surface area contributed by atoms with Crippen molar-refractivity contribution in [3.63, 3.8) is 0 Å². The average molecular weight is 420 g/mol. The smallest absolute Gasteiger partial charge is 0.416 e. The minimum absolute atomic E-state index is 0.0153. The van der Waals surface area contributed by atoms with Crippen LogP contribution in [-0.2, 0) is 25.7 Å². The van der Waals surface area contributed by atoms with Gasteiger partial charge in [0.05, 0.1) is 17.6 Å². The highest BCUT2D eigenvalue weighted by Crippen LogP contribution is 2.29. The Bertz CT molecular complexity index is 792. The maximum absolute atomic E-state index is 12.6. The SMILES string of the molecule is COC(=O)CCCC=C[C@@H]1C[C@@H](NS(=O)(=O)c2ccc(C(F)(F)F)cc2)CN1. The van der Waals surface area contributed by atoms with Crippen molar-refractivity contribution in [2.75, 3.05) is 13.7 Å². The van der Waals surface area contributed by atoms with Gasteiger partial charge in [0.25, 0.3) is 0 Å². The number of halogens is 3. The Balaban J connectivity index is 1.84. The summed E-state index contributed by atoms with van der Waals surface area (Å²) < 4.78 is 69.6. The number of methoxy groups -OCH3 is 1. The Labute approximate surface area is 162 Å². The molecule has 0 spiro atoms. The first kappa shape index (κ1) is 22.4. The second-order valence-corrected chi connectivity index (χ2v) is 8.20. The standard InChI is InChI=1S/C18H23F3N2O4S/c1-27-17(24)6-4-2-3-5-14-11-15(12-22-14)23-28(25,26)16-9-7-13(8-10-16)18(19,20)21/h3,5,7-10,14-15,22-23H,2,4,6,11-12H2,1H3/t14-,15-/m1/s1. The highest BCUT2D eigenvalue weighted by molar-refractivity contribution is 7.89. The number of sulfonamides is 1. The highest BCUT2D eigenvalue weighted by atomic mass is 32.2. The van der Waals surface area contributed by atoms with Crippen molar-refractivity contribution in [1.82, 2.24) is 10.0 Å². The fraction of sp³-hybridized carbons (Fsp3) is 0.500. The lowest BCUT2D eigenvalue weighted by atomic mass is 10.1. The van der Waals surface area contributed by atoms with Gasteiger partial charge in [-0.1, -0.05) is 12.2 Å². The minimum atomic E-state index is -4.51. The molecule has 1 aliphatic rings. The number of unbranched alkanes of at least 4 members (excludes halogenated alkanes) is 1. The Morgan fingerprint density at radius 2 is 2.00 bits per heavy atom. The minimum Gasteiger partial charge on any atom is -0.469 e. The number of hydrogen-bond acceptors (Lipinski definition) is 5. The van der Waals surface area contributed by atoms with E-state index in [0.717, 1.165) is 24.3 Å². The normalized spacial score (nSPS) is 20.6. The van der Waals surface area contributed by atoms with Crippen molar-refractivity contribution >= 4 is 16.0 Å². The van der Waals surface area contributed by atoms with Crippen LogP contribution in [0.25, 0.3) is 0 Å². The van der Waals surface area contributed by atoms with Gasteiger partial charge in [-0.25, -0.2) is 13.1 Å². The van der Waals surface area contributed by atoms with E-state index in [2.05, 4.69) is 14.8 Å². The summed E-state index contributed by atoms with van der Waals surface area (Å²) in [6.45, 7) is 0.414. The molecule has 1 saturated heterocycles. The summed E-state index contributed by atoms with van der Waals surface area (Å²) in [5.74, 6) is -0.259. The van der Waals surface area contributed by atoms with E-state index in [0.29, 0.717) is 32.2 Å². The predicted molar refractivity (Wildman–Crippen MR) is 97.0 cm³/mol. The van der Waals surface area contributed by atoms with Crippen LogP contribution >= 0.6 is 0 Å². The third-order valence-corrected chi connectivity index (χ3v) is 5.86. The molecule has 2 atom stereocenters. The van der Waals surface area contributed by atoms with Crippen LogP contribution in [0.3, 0.4) is 0 Å². The van der Waals surface area contributed by atoms with Crippen LogP contribution < -0.4 is 10.0 Å². The van der Waals surface area contributed by atoms with Gasteiger partial charge in [-0.15, -0.1) is 0 Å². The molecule has 28 heavy (non-hydrogen) atoms. The summed E-state index contributed by atoms with van der Waals surface area (Å²) in [6.07, 6.45) is 1.56. The summed E-state index contributed by atoms with van der Waals surface area (Å²) in [5, 5.41) is 3.17. The Kier molecular flexibility index (Phi) is 7.62. The third-order valence-electron chi connectivity index (χ3n) is 4.33. The Morgan fingerprint density at radius 3 is 2.61 bits per heavy atom. The van der Waals surface area contributed by atoms with E-state index in [9.17, 15) is 26.4 Å². The van der Waals surface area contributed by atoms with Gasteiger partial charge < -0.3 is 10.1 Å². The number of esters is 1. The number of nitrogens with one attached hydrogen (secondary N) is 2. The van der Waals surface area contributed by atoms with Gasteiger partial charge in [0.15, 0.2) is 0 Å². The Hall–Kier alpha value is -1.91. The van der Waals surface area contributed by atoms with E-state index in [1.807, 2.05) is 12.2 Å². The second kappa shape index (κ2) is 9.53. The van der Waals surface area contributed by atoms with Crippen LogP contribution in [0.4, 0.5) is 13.2 Å². The van der Waals surface area contributed by atoms with Crippen molar-refractivity contribution < 1.29 is 31.1 Å². The Morgan fingerprint density at radius 1 is 1.32 bits per heavy atom. The van der Waals surface area contributed by atoms with E-state index < -0.39 is 21.8 Å². The monoisotopic (exact) mass is 420 g/mol. The molecule has 2 N–H and O–H groups in total. The van der Waals surface area contributed by atoms with Crippen molar-refractivity contribution in [2.24, 2.45) is 0 Å². The number of ether oxygens (including phenoxy) is 1. The maximum atomic E-state index is 12.6. The van der Waals surface area contributed by atoms with E-state index in [1.165, 1.54) is 7.11 Å². The molecular weight excluding hydrogens is 397 g/mol. The van der Waals surface area contributed by atoms with Crippen LogP contribution in [0.1, 0.15) is 31.2 Å². The first-order valence-corrected chi connectivity index (χ1v) is 10.3. The molecule has 0 radical (unpaired) electrons. The van der Waals surface area contributed by atoms with Gasteiger partial charge in [-0.05, 0) is 43.5 Å². The highest BCUT2D eigenvalue weighted by Gasteiger charge is 2.31. The molecule has 1 heterocycles. The van der Waals surface area contributed by atoms with E-state index in [-0.39, 0.29) is 22.9 Å². The van der Waals surface area contributed by atoms with Gasteiger partial charge >= 0.3 is 12.1 Å². The number of rotatable bonds is 8. The van der Waals surface area contributed by atoms with Crippen molar-refractivity contribution in [1.29, 1.82) is 0 Å². The molecular formula is C18H23F3N2O4S. The summed E-state index contributed by atoms with van der Waals surface area (Å²) in [7, 11) is -2.56. The van der Waals surface area contributed by atoms with Crippen molar-refractivity contribution in [3.05, 3.63) is 42.0 Å². The number of hydrogen-bond donors (Lipinski definition) is 2. The summed E-state index contributed by atoms with van der Waals surface area (Å²) in [6, 6.07) is 3.02. The topological polar surface area (TPSA) is 84.5 Å². The molecule has 0 aromatic heterocycles. The molecule has 10 heteroatoms. The summed E-state index contributed by atoms with van der Waals surface area (Å²) in [4.78, 5) is 10.8. The summed E-state index contributed by atoms with van der Waals surface area (Å²) in [5.41, 5.74) is -0.897. The van der Waals surface area contributed by atoms with Crippen LogP contribution in [-0.4, -0.2) is 40.1 Å². The zero-order valence-corrected chi connectivity index (χ0v) is 16.1. The fourth-order valence-electron chi connectivity index (χ4n) is 2.84. The third kappa shape index (κ3) is 6.61. The zero-order valence-electron chi connectivity index (χ0n) is 15.3. The van der Waals surface area contributed by atoms with Gasteiger partial charge in [-0.3, -0.25) is 4.79 Å². The number of alkyl halides is 3. The molecule has 1 aliphatic heterocycles. The second-order valence-electron chi connectivity index (χ2n) is 6.49. The number of carbonyl (C=O) groups is 1. The lowest BCUT2D eigenvalue weighted by Crippen LogP contribution is -2.36. The number of allylic oxidation sites excluding steroid dienone is 1. The molecule has 156 valence electrons. The first-order valence-electron chi connectivity index (χ1n) is 8.78. The van der Waals surface area contributed by atoms with E-state index in [4.69, 9.17) is 0 Å². The van der Waals surface area contributed by atoms with Gasteiger partial charge in [0.1, 0.15) is 0 Å². The van der Waals surface area contributed by atoms with Gasteiger partial charge in [0, 0.05) is 25.0 Å². The fourth-order valence-corrected chi connectivity index (χ4v) is 4.09. The van der Waals surface area contributed by atoms with Crippen LogP contribution in [0.15, 0.2) is 41.3 Å².